The summed E-state index contributed by atoms with van der Waals surface area (Å²) in [6, 6.07) is 21.6. The minimum absolute atomic E-state index is 0.106. The number of nitrogens with two attached hydrogens (primary N) is 1. The molecule has 3 aromatic carbocycles. The van der Waals surface area contributed by atoms with Crippen LogP contribution in [0.1, 0.15) is 87.3 Å². The topological polar surface area (TPSA) is 193 Å². The summed E-state index contributed by atoms with van der Waals surface area (Å²) in [6.45, 7) is 2.59. The second kappa shape index (κ2) is 20.1. The lowest BCUT2D eigenvalue weighted by molar-refractivity contribution is -0.192. The fourth-order valence-electron chi connectivity index (χ4n) is 7.74. The number of alkyl carbamates (subject to hydrolysis) is 1. The molecule has 6 rings (SSSR count). The molecule has 0 bridgehead atoms. The van der Waals surface area contributed by atoms with E-state index in [1.54, 1.807) is 18.2 Å². The van der Waals surface area contributed by atoms with Crippen LogP contribution in [0.4, 0.5) is 23.7 Å². The molecular formula is C43H50F3N5O7. The van der Waals surface area contributed by atoms with Crippen LogP contribution in [-0.4, -0.2) is 65.4 Å². The number of fused-ring (bicyclic) bond motifs is 4. The second-order valence-electron chi connectivity index (χ2n) is 14.7. The molecular weight excluding hydrogens is 755 g/mol. The minimum atomic E-state index is -5.08. The summed E-state index contributed by atoms with van der Waals surface area (Å²) >= 11 is 0. The smallest absolute Gasteiger partial charge is 0.475 e. The number of aromatic nitrogens is 1. The third-order valence-corrected chi connectivity index (χ3v) is 10.6. The fourth-order valence-corrected chi connectivity index (χ4v) is 7.74. The van der Waals surface area contributed by atoms with Gasteiger partial charge in [0.1, 0.15) is 18.7 Å². The number of carbonyl (C=O) groups is 4. The number of benzene rings is 3. The molecule has 1 heterocycles. The van der Waals surface area contributed by atoms with Crippen LogP contribution in [0.3, 0.4) is 0 Å². The monoisotopic (exact) mass is 805 g/mol. The zero-order valence-corrected chi connectivity index (χ0v) is 32.3. The lowest BCUT2D eigenvalue weighted by Crippen LogP contribution is -2.53. The number of anilines is 1. The van der Waals surface area contributed by atoms with E-state index in [1.807, 2.05) is 37.3 Å². The number of alkyl halides is 3. The van der Waals surface area contributed by atoms with Crippen molar-refractivity contribution in [3.05, 3.63) is 99.8 Å². The molecule has 12 nitrogen and oxygen atoms in total. The molecule has 15 heteroatoms. The standard InChI is InChI=1S/C41H49N5O5.C2HF3O2/c1-2-27-23-38(47)44-36-24-28(19-20-29(27)36)43-39(48)35(18-10-11-21-42)45-40(49)37(22-26-12-4-3-5-13-26)46-41(50)51-25-34-32-16-8-6-14-30(32)31-15-7-9-17-33(31)34;3-2(4,5)1(6)7/h6-9,14-17,19-20,23-24,26,34-35,37H,2-5,10-13,18,21-22,25,42H2,1H3,(H,43,48)(H,44,47)(H,45,49)(H,46,50);(H,6,7)/t35-,37-;/m0./s1. The number of H-pyrrole nitrogens is 1. The first-order valence-electron chi connectivity index (χ1n) is 19.7. The summed E-state index contributed by atoms with van der Waals surface area (Å²) < 4.78 is 37.6. The molecule has 7 N–H and O–H groups in total. The Bertz CT molecular complexity index is 2090. The Hall–Kier alpha value is -5.70. The van der Waals surface area contributed by atoms with Crippen molar-refractivity contribution in [2.45, 2.75) is 95.3 Å². The van der Waals surface area contributed by atoms with Crippen LogP contribution in [0.2, 0.25) is 0 Å². The quantitative estimate of drug-likeness (QED) is 0.0724. The van der Waals surface area contributed by atoms with Crippen LogP contribution >= 0.6 is 0 Å². The number of carbonyl (C=O) groups excluding carboxylic acids is 3. The first kappa shape index (κ1) is 43.4. The van der Waals surface area contributed by atoms with E-state index in [2.05, 4.69) is 45.2 Å². The maximum Gasteiger partial charge on any atom is 0.490 e. The van der Waals surface area contributed by atoms with Crippen LogP contribution in [0.15, 0.2) is 77.6 Å². The van der Waals surface area contributed by atoms with Crippen LogP contribution in [0, 0.1) is 5.92 Å². The zero-order valence-electron chi connectivity index (χ0n) is 32.3. The predicted molar refractivity (Wildman–Crippen MR) is 214 cm³/mol. The molecule has 0 spiro atoms. The lowest BCUT2D eigenvalue weighted by atomic mass is 9.84. The lowest BCUT2D eigenvalue weighted by Gasteiger charge is -2.28. The first-order chi connectivity index (χ1) is 27.8. The maximum absolute atomic E-state index is 14.0. The molecule has 1 fully saturated rings. The van der Waals surface area contributed by atoms with E-state index in [9.17, 15) is 32.3 Å². The number of unbranched alkanes of at least 4 members (excludes halogenated alkanes) is 1. The summed E-state index contributed by atoms with van der Waals surface area (Å²) in [5, 5.41) is 16.8. The number of nitrogens with one attached hydrogen (secondary N) is 4. The fraction of sp³-hybridized carbons (Fsp3) is 0.419. The number of aryl methyl sites for hydroxylation is 1. The van der Waals surface area contributed by atoms with Crippen molar-refractivity contribution in [2.75, 3.05) is 18.5 Å². The van der Waals surface area contributed by atoms with E-state index < -0.39 is 36.2 Å². The zero-order chi connectivity index (χ0) is 41.8. The summed E-state index contributed by atoms with van der Waals surface area (Å²) in [5.41, 5.74) is 12.1. The first-order valence-corrected chi connectivity index (χ1v) is 19.7. The molecule has 1 aromatic heterocycles. The van der Waals surface area contributed by atoms with Crippen molar-refractivity contribution >= 4 is 40.5 Å². The Labute approximate surface area is 334 Å². The average molecular weight is 806 g/mol. The molecule has 3 amide bonds. The number of pyridine rings is 1. The summed E-state index contributed by atoms with van der Waals surface area (Å²) in [4.78, 5) is 65.1. The number of aliphatic carboxylic acids is 1. The van der Waals surface area contributed by atoms with E-state index >= 15 is 0 Å². The number of amides is 3. The van der Waals surface area contributed by atoms with Crippen molar-refractivity contribution in [2.24, 2.45) is 11.7 Å². The van der Waals surface area contributed by atoms with E-state index in [0.29, 0.717) is 49.9 Å². The van der Waals surface area contributed by atoms with Gasteiger partial charge in [-0.2, -0.15) is 13.2 Å². The molecule has 2 aliphatic rings. The molecule has 1 saturated carbocycles. The molecule has 0 aliphatic heterocycles. The van der Waals surface area contributed by atoms with Gasteiger partial charge < -0.3 is 36.5 Å². The van der Waals surface area contributed by atoms with E-state index in [-0.39, 0.29) is 29.9 Å². The van der Waals surface area contributed by atoms with Crippen molar-refractivity contribution < 1.29 is 42.2 Å². The number of aromatic amines is 1. The number of hydrogen-bond acceptors (Lipinski definition) is 7. The molecule has 0 unspecified atom stereocenters. The van der Waals surface area contributed by atoms with Gasteiger partial charge >= 0.3 is 18.2 Å². The number of carboxylic acids is 1. The normalized spacial score (nSPS) is 14.9. The maximum atomic E-state index is 14.0. The Morgan fingerprint density at radius 2 is 1.52 bits per heavy atom. The van der Waals surface area contributed by atoms with Gasteiger partial charge in [0.25, 0.3) is 0 Å². The number of rotatable bonds is 14. The Balaban J connectivity index is 0.000000839. The predicted octanol–water partition coefficient (Wildman–Crippen LogP) is 7.15. The number of ether oxygens (including phenoxy) is 1. The molecule has 4 aromatic rings. The third kappa shape index (κ3) is 11.5. The van der Waals surface area contributed by atoms with E-state index in [0.717, 1.165) is 58.9 Å². The number of halogens is 3. The van der Waals surface area contributed by atoms with Gasteiger partial charge in [-0.05, 0) is 84.5 Å². The highest BCUT2D eigenvalue weighted by Crippen LogP contribution is 2.44. The highest BCUT2D eigenvalue weighted by molar-refractivity contribution is 5.99. The summed E-state index contributed by atoms with van der Waals surface area (Å²) in [5.74, 6) is -3.39. The van der Waals surface area contributed by atoms with Gasteiger partial charge in [-0.15, -0.1) is 0 Å². The average Bonchev–Trinajstić information content (AvgIpc) is 3.52. The van der Waals surface area contributed by atoms with E-state index in [4.69, 9.17) is 20.4 Å². The molecule has 310 valence electrons. The number of hydrogen-bond donors (Lipinski definition) is 6. The van der Waals surface area contributed by atoms with Crippen molar-refractivity contribution in [3.8, 4) is 11.1 Å². The summed E-state index contributed by atoms with van der Waals surface area (Å²) in [6.07, 6.45) is 2.44. The highest BCUT2D eigenvalue weighted by Gasteiger charge is 2.38. The van der Waals surface area contributed by atoms with Crippen LogP contribution in [-0.2, 0) is 25.5 Å². The third-order valence-electron chi connectivity index (χ3n) is 10.6. The molecule has 58 heavy (non-hydrogen) atoms. The molecule has 0 radical (unpaired) electrons. The van der Waals surface area contributed by atoms with Gasteiger partial charge in [-0.3, -0.25) is 14.4 Å². The van der Waals surface area contributed by atoms with Gasteiger partial charge in [-0.25, -0.2) is 9.59 Å². The largest absolute Gasteiger partial charge is 0.490 e. The van der Waals surface area contributed by atoms with Gasteiger partial charge in [0.05, 0.1) is 5.52 Å². The van der Waals surface area contributed by atoms with Crippen molar-refractivity contribution in [3.63, 3.8) is 0 Å². The molecule has 2 atom stereocenters. The molecule has 0 saturated heterocycles. The van der Waals surface area contributed by atoms with Crippen LogP contribution < -0.4 is 27.2 Å². The van der Waals surface area contributed by atoms with Gasteiger partial charge in [0.15, 0.2) is 0 Å². The Kier molecular flexibility index (Phi) is 15.1. The summed E-state index contributed by atoms with van der Waals surface area (Å²) in [7, 11) is 0. The number of carboxylic acid groups (broad SMARTS) is 1. The SMILES string of the molecule is CCc1cc(=O)[nH]c2cc(NC(=O)[C@H](CCCCN)NC(=O)[C@H](CC3CCCCC3)NC(=O)OCC3c4ccccc4-c4ccccc43)ccc12.O=C(O)C(F)(F)F. The Morgan fingerprint density at radius 1 is 0.879 bits per heavy atom. The van der Waals surface area contributed by atoms with Gasteiger partial charge in [0.2, 0.25) is 17.4 Å². The van der Waals surface area contributed by atoms with Crippen LogP contribution in [0.5, 0.6) is 0 Å². The molecule has 2 aliphatic carbocycles. The van der Waals surface area contributed by atoms with Gasteiger partial charge in [0, 0.05) is 23.1 Å². The van der Waals surface area contributed by atoms with Crippen molar-refractivity contribution in [1.82, 2.24) is 15.6 Å². The van der Waals surface area contributed by atoms with E-state index in [1.165, 1.54) is 6.42 Å². The van der Waals surface area contributed by atoms with Crippen LogP contribution in [0.25, 0.3) is 22.0 Å². The second-order valence-corrected chi connectivity index (χ2v) is 14.7. The van der Waals surface area contributed by atoms with Gasteiger partial charge in [-0.1, -0.05) is 93.6 Å². The minimum Gasteiger partial charge on any atom is -0.475 e. The highest BCUT2D eigenvalue weighted by atomic mass is 19.4. The van der Waals surface area contributed by atoms with Crippen molar-refractivity contribution in [1.29, 1.82) is 0 Å². The Morgan fingerprint density at radius 3 is 2.12 bits per heavy atom.